The third kappa shape index (κ3) is 1.67. The number of phenolic OH excluding ortho intramolecular Hbond substituents is 1. The summed E-state index contributed by atoms with van der Waals surface area (Å²) in [6, 6.07) is 2.89. The first-order chi connectivity index (χ1) is 5.15. The highest BCUT2D eigenvalue weighted by atomic mass is 35.5. The van der Waals surface area contributed by atoms with Gasteiger partial charge in [-0.05, 0) is 11.6 Å². The fourth-order valence-electron chi connectivity index (χ4n) is 0.744. The van der Waals surface area contributed by atoms with E-state index in [2.05, 4.69) is 6.58 Å². The molecule has 0 bridgehead atoms. The molecule has 1 rings (SSSR count). The summed E-state index contributed by atoms with van der Waals surface area (Å²) < 4.78 is 0. The van der Waals surface area contributed by atoms with Crippen molar-refractivity contribution in [3.63, 3.8) is 0 Å². The van der Waals surface area contributed by atoms with E-state index in [1.165, 1.54) is 18.2 Å². The average Bonchev–Trinajstić information content (AvgIpc) is 1.96. The lowest BCUT2D eigenvalue weighted by atomic mass is 10.2. The number of phenols is 1. The fourth-order valence-corrected chi connectivity index (χ4v) is 1.15. The van der Waals surface area contributed by atoms with Gasteiger partial charge >= 0.3 is 0 Å². The van der Waals surface area contributed by atoms with E-state index in [1.807, 2.05) is 0 Å². The summed E-state index contributed by atoms with van der Waals surface area (Å²) in [5.41, 5.74) is 0.636. The first-order valence-corrected chi connectivity index (χ1v) is 3.71. The summed E-state index contributed by atoms with van der Waals surface area (Å²) in [5.74, 6) is 0.0919. The van der Waals surface area contributed by atoms with Gasteiger partial charge in [0.15, 0.2) is 0 Å². The maximum absolute atomic E-state index is 9.06. The molecule has 0 amide bonds. The molecule has 0 spiro atoms. The molecule has 1 aromatic rings. The van der Waals surface area contributed by atoms with Crippen molar-refractivity contribution in [1.82, 2.24) is 0 Å². The Morgan fingerprint density at radius 2 is 2.00 bits per heavy atom. The van der Waals surface area contributed by atoms with Crippen LogP contribution < -0.4 is 0 Å². The highest BCUT2D eigenvalue weighted by molar-refractivity contribution is 6.43. The van der Waals surface area contributed by atoms with Crippen molar-refractivity contribution in [2.75, 3.05) is 0 Å². The van der Waals surface area contributed by atoms with Gasteiger partial charge in [-0.25, -0.2) is 0 Å². The SMILES string of the molecule is C=Cc1cc(O)cc(Cl)c1Cl. The van der Waals surface area contributed by atoms with E-state index in [1.54, 1.807) is 0 Å². The van der Waals surface area contributed by atoms with Crippen LogP contribution in [-0.2, 0) is 0 Å². The molecule has 58 valence electrons. The van der Waals surface area contributed by atoms with E-state index in [-0.39, 0.29) is 5.75 Å². The van der Waals surface area contributed by atoms with Gasteiger partial charge in [0, 0.05) is 6.07 Å². The van der Waals surface area contributed by atoms with Crippen molar-refractivity contribution < 1.29 is 5.11 Å². The van der Waals surface area contributed by atoms with Crippen molar-refractivity contribution in [3.05, 3.63) is 34.3 Å². The Labute approximate surface area is 74.9 Å². The van der Waals surface area contributed by atoms with Gasteiger partial charge in [0.05, 0.1) is 10.0 Å². The Balaban J connectivity index is 3.35. The van der Waals surface area contributed by atoms with Gasteiger partial charge in [-0.3, -0.25) is 0 Å². The van der Waals surface area contributed by atoms with Crippen LogP contribution in [0.15, 0.2) is 18.7 Å². The number of hydrogen-bond donors (Lipinski definition) is 1. The minimum absolute atomic E-state index is 0.0919. The van der Waals surface area contributed by atoms with Crippen molar-refractivity contribution >= 4 is 29.3 Å². The van der Waals surface area contributed by atoms with Crippen molar-refractivity contribution in [2.45, 2.75) is 0 Å². The number of halogens is 2. The first kappa shape index (κ1) is 8.44. The molecule has 0 aromatic heterocycles. The van der Waals surface area contributed by atoms with Gasteiger partial charge in [-0.2, -0.15) is 0 Å². The second-order valence-electron chi connectivity index (χ2n) is 2.03. The van der Waals surface area contributed by atoms with Crippen LogP contribution in [0, 0.1) is 0 Å². The zero-order chi connectivity index (χ0) is 8.43. The molecule has 0 heterocycles. The molecule has 0 radical (unpaired) electrons. The molecule has 1 nitrogen and oxygen atoms in total. The third-order valence-electron chi connectivity index (χ3n) is 1.26. The number of aromatic hydroxyl groups is 1. The molecule has 3 heteroatoms. The molecule has 0 aliphatic carbocycles. The van der Waals surface area contributed by atoms with E-state index in [4.69, 9.17) is 28.3 Å². The highest BCUT2D eigenvalue weighted by Crippen LogP contribution is 2.30. The van der Waals surface area contributed by atoms with Crippen molar-refractivity contribution in [2.24, 2.45) is 0 Å². The fraction of sp³-hybridized carbons (Fsp3) is 0. The van der Waals surface area contributed by atoms with Gasteiger partial charge < -0.3 is 5.11 Å². The van der Waals surface area contributed by atoms with Gasteiger partial charge in [0.1, 0.15) is 5.75 Å². The normalized spacial score (nSPS) is 9.64. The number of rotatable bonds is 1. The minimum atomic E-state index is 0.0919. The lowest BCUT2D eigenvalue weighted by Gasteiger charge is -2.00. The van der Waals surface area contributed by atoms with Crippen LogP contribution in [0.4, 0.5) is 0 Å². The number of hydrogen-bond acceptors (Lipinski definition) is 1. The Bertz CT molecular complexity index is 294. The average molecular weight is 189 g/mol. The Hall–Kier alpha value is -0.660. The molecular formula is C8H6Cl2O. The predicted molar refractivity (Wildman–Crippen MR) is 48.2 cm³/mol. The summed E-state index contributed by atoms with van der Waals surface area (Å²) in [6.45, 7) is 3.52. The van der Waals surface area contributed by atoms with Crippen LogP contribution in [0.5, 0.6) is 5.75 Å². The lowest BCUT2D eigenvalue weighted by Crippen LogP contribution is -1.76. The second-order valence-corrected chi connectivity index (χ2v) is 2.82. The quantitative estimate of drug-likeness (QED) is 0.718. The molecule has 1 aromatic carbocycles. The van der Waals surface area contributed by atoms with Crippen LogP contribution in [0.3, 0.4) is 0 Å². The summed E-state index contributed by atoms with van der Waals surface area (Å²) in [7, 11) is 0. The highest BCUT2D eigenvalue weighted by Gasteiger charge is 2.03. The van der Waals surface area contributed by atoms with Crippen LogP contribution in [0.25, 0.3) is 6.08 Å². The monoisotopic (exact) mass is 188 g/mol. The van der Waals surface area contributed by atoms with Gasteiger partial charge in [0.2, 0.25) is 0 Å². The Kier molecular flexibility index (Phi) is 2.42. The Morgan fingerprint density at radius 1 is 1.36 bits per heavy atom. The Morgan fingerprint density at radius 3 is 2.55 bits per heavy atom. The minimum Gasteiger partial charge on any atom is -0.508 e. The zero-order valence-electron chi connectivity index (χ0n) is 5.64. The molecule has 0 aliphatic rings. The molecule has 1 N–H and O–H groups in total. The molecule has 0 saturated heterocycles. The summed E-state index contributed by atoms with van der Waals surface area (Å²) in [5, 5.41) is 9.81. The van der Waals surface area contributed by atoms with Crippen LogP contribution >= 0.6 is 23.2 Å². The van der Waals surface area contributed by atoms with E-state index < -0.39 is 0 Å². The molecule has 0 fully saturated rings. The molecule has 0 atom stereocenters. The predicted octanol–water partition coefficient (Wildman–Crippen LogP) is 3.34. The molecule has 0 aliphatic heterocycles. The lowest BCUT2D eigenvalue weighted by molar-refractivity contribution is 0.475. The van der Waals surface area contributed by atoms with Crippen LogP contribution in [0.2, 0.25) is 10.0 Å². The van der Waals surface area contributed by atoms with Crippen molar-refractivity contribution in [3.8, 4) is 5.75 Å². The molecule has 11 heavy (non-hydrogen) atoms. The largest absolute Gasteiger partial charge is 0.508 e. The van der Waals surface area contributed by atoms with E-state index in [9.17, 15) is 0 Å². The topological polar surface area (TPSA) is 20.2 Å². The maximum Gasteiger partial charge on any atom is 0.117 e. The first-order valence-electron chi connectivity index (χ1n) is 2.95. The molecule has 0 saturated carbocycles. The van der Waals surface area contributed by atoms with Crippen LogP contribution in [-0.4, -0.2) is 5.11 Å². The standard InChI is InChI=1S/C8H6Cl2O/c1-2-5-3-6(11)4-7(9)8(5)10/h2-4,11H,1H2. The summed E-state index contributed by atoms with van der Waals surface area (Å²) in [4.78, 5) is 0. The van der Waals surface area contributed by atoms with Crippen molar-refractivity contribution in [1.29, 1.82) is 0 Å². The number of benzene rings is 1. The third-order valence-corrected chi connectivity index (χ3v) is 2.08. The smallest absolute Gasteiger partial charge is 0.117 e. The summed E-state index contributed by atoms with van der Waals surface area (Å²) >= 11 is 11.4. The zero-order valence-corrected chi connectivity index (χ0v) is 7.15. The van der Waals surface area contributed by atoms with E-state index in [0.29, 0.717) is 15.6 Å². The maximum atomic E-state index is 9.06. The van der Waals surface area contributed by atoms with Gasteiger partial charge in [-0.15, -0.1) is 0 Å². The van der Waals surface area contributed by atoms with E-state index >= 15 is 0 Å². The van der Waals surface area contributed by atoms with E-state index in [0.717, 1.165) is 0 Å². The molecular weight excluding hydrogens is 183 g/mol. The van der Waals surface area contributed by atoms with Gasteiger partial charge in [0.25, 0.3) is 0 Å². The summed E-state index contributed by atoms with van der Waals surface area (Å²) in [6.07, 6.45) is 1.54. The molecule has 0 unspecified atom stereocenters. The van der Waals surface area contributed by atoms with Gasteiger partial charge in [-0.1, -0.05) is 35.9 Å². The second kappa shape index (κ2) is 3.16. The van der Waals surface area contributed by atoms with Crippen LogP contribution in [0.1, 0.15) is 5.56 Å².